The molecule has 0 saturated heterocycles. The lowest BCUT2D eigenvalue weighted by Gasteiger charge is -2.11. The molecule has 0 atom stereocenters. The van der Waals surface area contributed by atoms with Crippen LogP contribution in [0.2, 0.25) is 0 Å². The molecule has 0 aliphatic carbocycles. The number of carbonyl (C=O) groups excluding carboxylic acids is 2. The zero-order valence-corrected chi connectivity index (χ0v) is 12.8. The fourth-order valence-electron chi connectivity index (χ4n) is 1.71. The van der Waals surface area contributed by atoms with Crippen molar-refractivity contribution in [2.75, 3.05) is 10.6 Å². The van der Waals surface area contributed by atoms with E-state index in [-0.39, 0.29) is 17.7 Å². The molecule has 0 fully saturated rings. The van der Waals surface area contributed by atoms with Crippen LogP contribution < -0.4 is 10.6 Å². The van der Waals surface area contributed by atoms with E-state index in [1.165, 1.54) is 6.20 Å². The predicted octanol–water partition coefficient (Wildman–Crippen LogP) is 2.63. The molecule has 2 N–H and O–H groups in total. The average molecular weight is 298 g/mol. The molecule has 0 bridgehead atoms. The van der Waals surface area contributed by atoms with E-state index in [1.807, 2.05) is 20.8 Å². The second-order valence-corrected chi connectivity index (χ2v) is 5.20. The summed E-state index contributed by atoms with van der Waals surface area (Å²) in [5, 5.41) is 5.47. The fraction of sp³-hybridized carbons (Fsp3) is 0.250. The minimum atomic E-state index is -0.301. The first-order valence-corrected chi connectivity index (χ1v) is 6.97. The summed E-state index contributed by atoms with van der Waals surface area (Å²) in [6.07, 6.45) is 3.08. The largest absolute Gasteiger partial charge is 0.319 e. The van der Waals surface area contributed by atoms with Gasteiger partial charge in [0.15, 0.2) is 0 Å². The molecule has 114 valence electrons. The second-order valence-electron chi connectivity index (χ2n) is 5.20. The monoisotopic (exact) mass is 298 g/mol. The third kappa shape index (κ3) is 3.88. The Kier molecular flexibility index (Phi) is 4.83. The highest BCUT2D eigenvalue weighted by atomic mass is 16.2. The molecule has 0 radical (unpaired) electrons. The van der Waals surface area contributed by atoms with E-state index < -0.39 is 0 Å². The van der Waals surface area contributed by atoms with Crippen LogP contribution in [0.4, 0.5) is 11.5 Å². The van der Waals surface area contributed by atoms with Gasteiger partial charge in [-0.3, -0.25) is 14.6 Å². The van der Waals surface area contributed by atoms with Gasteiger partial charge in [-0.15, -0.1) is 0 Å². The van der Waals surface area contributed by atoms with Crippen LogP contribution in [0.5, 0.6) is 0 Å². The molecule has 0 spiro atoms. The van der Waals surface area contributed by atoms with Crippen molar-refractivity contribution in [3.8, 4) is 0 Å². The topological polar surface area (TPSA) is 84.0 Å². The molecule has 0 aliphatic heterocycles. The van der Waals surface area contributed by atoms with Crippen LogP contribution in [0, 0.1) is 12.8 Å². The van der Waals surface area contributed by atoms with Gasteiger partial charge in [0.1, 0.15) is 11.5 Å². The number of hydrogen-bond donors (Lipinski definition) is 2. The lowest BCUT2D eigenvalue weighted by molar-refractivity contribution is -0.118. The average Bonchev–Trinajstić information content (AvgIpc) is 2.50. The number of anilines is 2. The third-order valence-corrected chi connectivity index (χ3v) is 3.03. The number of nitrogens with one attached hydrogen (secondary N) is 2. The Morgan fingerprint density at radius 2 is 1.91 bits per heavy atom. The van der Waals surface area contributed by atoms with Gasteiger partial charge in [-0.25, -0.2) is 4.98 Å². The summed E-state index contributed by atoms with van der Waals surface area (Å²) in [6.45, 7) is 5.45. The quantitative estimate of drug-likeness (QED) is 0.908. The highest BCUT2D eigenvalue weighted by molar-refractivity contribution is 6.03. The molecular weight excluding hydrogens is 280 g/mol. The van der Waals surface area contributed by atoms with Crippen molar-refractivity contribution in [3.05, 3.63) is 47.9 Å². The van der Waals surface area contributed by atoms with Crippen LogP contribution in [0.1, 0.15) is 29.9 Å². The van der Waals surface area contributed by atoms with Gasteiger partial charge in [-0.1, -0.05) is 19.9 Å². The van der Waals surface area contributed by atoms with E-state index in [2.05, 4.69) is 20.6 Å². The summed E-state index contributed by atoms with van der Waals surface area (Å²) < 4.78 is 0. The van der Waals surface area contributed by atoms with Crippen molar-refractivity contribution in [1.29, 1.82) is 0 Å². The van der Waals surface area contributed by atoms with Gasteiger partial charge in [0.05, 0.1) is 11.9 Å². The summed E-state index contributed by atoms with van der Waals surface area (Å²) in [6, 6.07) is 6.84. The van der Waals surface area contributed by atoms with Crippen LogP contribution in [-0.4, -0.2) is 21.8 Å². The van der Waals surface area contributed by atoms with Gasteiger partial charge in [-0.2, -0.15) is 0 Å². The lowest BCUT2D eigenvalue weighted by Crippen LogP contribution is -2.19. The van der Waals surface area contributed by atoms with Crippen LogP contribution in [0.15, 0.2) is 36.7 Å². The molecule has 22 heavy (non-hydrogen) atoms. The van der Waals surface area contributed by atoms with E-state index in [0.29, 0.717) is 17.2 Å². The van der Waals surface area contributed by atoms with E-state index >= 15 is 0 Å². The minimum Gasteiger partial charge on any atom is -0.319 e. The number of rotatable bonds is 4. The number of pyridine rings is 2. The summed E-state index contributed by atoms with van der Waals surface area (Å²) in [7, 11) is 0. The highest BCUT2D eigenvalue weighted by Gasteiger charge is 2.11. The van der Waals surface area contributed by atoms with Crippen molar-refractivity contribution in [2.45, 2.75) is 20.8 Å². The smallest absolute Gasteiger partial charge is 0.274 e. The normalized spacial score (nSPS) is 10.4. The number of hydrogen-bond acceptors (Lipinski definition) is 4. The van der Waals surface area contributed by atoms with E-state index in [1.54, 1.807) is 30.5 Å². The fourth-order valence-corrected chi connectivity index (χ4v) is 1.71. The van der Waals surface area contributed by atoms with Crippen LogP contribution >= 0.6 is 0 Å². The standard InChI is InChI=1S/C16H18N4O2/c1-10(2)15(21)20-14-8-11(3)13(9-18-14)19-16(22)12-6-4-5-7-17-12/h4-10H,1-3H3,(H,19,22)(H,18,20,21). The van der Waals surface area contributed by atoms with E-state index in [9.17, 15) is 9.59 Å². The number of carbonyl (C=O) groups is 2. The Morgan fingerprint density at radius 3 is 2.50 bits per heavy atom. The summed E-state index contributed by atoms with van der Waals surface area (Å²) in [5.41, 5.74) is 1.72. The Labute approximate surface area is 129 Å². The number of nitrogens with zero attached hydrogens (tertiary/aromatic N) is 2. The van der Waals surface area contributed by atoms with Crippen molar-refractivity contribution in [3.63, 3.8) is 0 Å². The van der Waals surface area contributed by atoms with Gasteiger partial charge >= 0.3 is 0 Å². The number of aryl methyl sites for hydroxylation is 1. The maximum absolute atomic E-state index is 12.0. The number of amides is 2. The first kappa shape index (κ1) is 15.6. The molecule has 2 rings (SSSR count). The predicted molar refractivity (Wildman–Crippen MR) is 84.6 cm³/mol. The Bertz CT molecular complexity index is 684. The first-order valence-electron chi connectivity index (χ1n) is 6.97. The Morgan fingerprint density at radius 1 is 1.14 bits per heavy atom. The molecule has 2 aromatic rings. The number of aromatic nitrogens is 2. The van der Waals surface area contributed by atoms with E-state index in [0.717, 1.165) is 5.56 Å². The third-order valence-electron chi connectivity index (χ3n) is 3.03. The van der Waals surface area contributed by atoms with Gasteiger partial charge in [0.2, 0.25) is 5.91 Å². The van der Waals surface area contributed by atoms with Crippen LogP contribution in [0.3, 0.4) is 0 Å². The first-order chi connectivity index (χ1) is 10.5. The van der Waals surface area contributed by atoms with Crippen LogP contribution in [0.25, 0.3) is 0 Å². The summed E-state index contributed by atoms with van der Waals surface area (Å²) in [4.78, 5) is 31.8. The van der Waals surface area contributed by atoms with Gasteiger partial charge < -0.3 is 10.6 Å². The Balaban J connectivity index is 2.10. The maximum Gasteiger partial charge on any atom is 0.274 e. The summed E-state index contributed by atoms with van der Waals surface area (Å²) in [5.74, 6) is -0.0562. The molecule has 0 unspecified atom stereocenters. The summed E-state index contributed by atoms with van der Waals surface area (Å²) >= 11 is 0. The van der Waals surface area contributed by atoms with Crippen molar-refractivity contribution in [1.82, 2.24) is 9.97 Å². The van der Waals surface area contributed by atoms with Gasteiger partial charge in [-0.05, 0) is 30.7 Å². The Hall–Kier alpha value is -2.76. The molecule has 2 aromatic heterocycles. The maximum atomic E-state index is 12.0. The SMILES string of the molecule is Cc1cc(NC(=O)C(C)C)ncc1NC(=O)c1ccccn1. The minimum absolute atomic E-state index is 0.0998. The van der Waals surface area contributed by atoms with Crippen molar-refractivity contribution in [2.24, 2.45) is 5.92 Å². The van der Waals surface area contributed by atoms with E-state index in [4.69, 9.17) is 0 Å². The molecule has 0 aromatic carbocycles. The van der Waals surface area contributed by atoms with Crippen LogP contribution in [-0.2, 0) is 4.79 Å². The lowest BCUT2D eigenvalue weighted by atomic mass is 10.2. The molecule has 6 heteroatoms. The zero-order chi connectivity index (χ0) is 16.1. The zero-order valence-electron chi connectivity index (χ0n) is 12.8. The molecule has 0 aliphatic rings. The highest BCUT2D eigenvalue weighted by Crippen LogP contribution is 2.18. The molecule has 2 heterocycles. The van der Waals surface area contributed by atoms with Crippen molar-refractivity contribution >= 4 is 23.3 Å². The molecular formula is C16H18N4O2. The molecule has 2 amide bonds. The molecule has 6 nitrogen and oxygen atoms in total. The second kappa shape index (κ2) is 6.80. The van der Waals surface area contributed by atoms with Gasteiger partial charge in [0.25, 0.3) is 5.91 Å². The molecule has 0 saturated carbocycles. The van der Waals surface area contributed by atoms with Gasteiger partial charge in [0, 0.05) is 12.1 Å². The van der Waals surface area contributed by atoms with Crippen molar-refractivity contribution < 1.29 is 9.59 Å².